The summed E-state index contributed by atoms with van der Waals surface area (Å²) in [5.41, 5.74) is 3.13. The number of carbonyl (C=O) groups excluding carboxylic acids is 1. The lowest BCUT2D eigenvalue weighted by atomic mass is 10.2. The maximum absolute atomic E-state index is 11.2. The highest BCUT2D eigenvalue weighted by Crippen LogP contribution is 2.21. The average Bonchev–Trinajstić information content (AvgIpc) is 3.10. The summed E-state index contributed by atoms with van der Waals surface area (Å²) >= 11 is 0. The van der Waals surface area contributed by atoms with Crippen LogP contribution in [0.3, 0.4) is 0 Å². The highest BCUT2D eigenvalue weighted by molar-refractivity contribution is 5.86. The Kier molecular flexibility index (Phi) is 4.34. The molecule has 3 aromatic rings. The van der Waals surface area contributed by atoms with Gasteiger partial charge in [-0.2, -0.15) is 0 Å². The molecule has 0 saturated heterocycles. The number of hydrogen-bond donors (Lipinski definition) is 1. The van der Waals surface area contributed by atoms with Crippen LogP contribution in [0.15, 0.2) is 79.6 Å². The lowest BCUT2D eigenvalue weighted by molar-refractivity contribution is -0.116. The third-order valence-electron chi connectivity index (χ3n) is 3.54. The van der Waals surface area contributed by atoms with Gasteiger partial charge in [-0.05, 0) is 23.8 Å². The van der Waals surface area contributed by atoms with Crippen LogP contribution in [0.4, 0.5) is 0 Å². The molecule has 114 valence electrons. The molecule has 1 aromatic heterocycles. The van der Waals surface area contributed by atoms with Gasteiger partial charge in [-0.1, -0.05) is 49.0 Å². The Hall–Kier alpha value is -3.14. The van der Waals surface area contributed by atoms with E-state index in [1.807, 2.05) is 65.4 Å². The molecule has 3 rings (SSSR count). The fourth-order valence-electron chi connectivity index (χ4n) is 2.35. The number of hydrogen-bond acceptors (Lipinski definition) is 2. The van der Waals surface area contributed by atoms with Crippen molar-refractivity contribution in [2.75, 3.05) is 0 Å². The summed E-state index contributed by atoms with van der Waals surface area (Å²) in [4.78, 5) is 15.6. The van der Waals surface area contributed by atoms with Crippen LogP contribution in [0.1, 0.15) is 5.56 Å². The van der Waals surface area contributed by atoms with Crippen molar-refractivity contribution in [3.63, 3.8) is 0 Å². The second-order valence-corrected chi connectivity index (χ2v) is 5.08. The molecule has 0 aliphatic rings. The van der Waals surface area contributed by atoms with Crippen molar-refractivity contribution >= 4 is 5.91 Å². The quantitative estimate of drug-likeness (QED) is 0.735. The fraction of sp³-hybridized carbons (Fsp3) is 0.0526. The van der Waals surface area contributed by atoms with E-state index in [9.17, 15) is 4.79 Å². The molecule has 0 spiro atoms. The molecule has 1 N–H and O–H groups in total. The van der Waals surface area contributed by atoms with E-state index in [1.165, 1.54) is 6.08 Å². The highest BCUT2D eigenvalue weighted by Gasteiger charge is 2.07. The average molecular weight is 303 g/mol. The van der Waals surface area contributed by atoms with Crippen LogP contribution in [-0.2, 0) is 11.3 Å². The molecular weight excluding hydrogens is 286 g/mol. The smallest absolute Gasteiger partial charge is 0.243 e. The Morgan fingerprint density at radius 1 is 1.13 bits per heavy atom. The Bertz CT molecular complexity index is 804. The van der Waals surface area contributed by atoms with E-state index < -0.39 is 0 Å². The van der Waals surface area contributed by atoms with Crippen molar-refractivity contribution in [3.05, 3.63) is 85.2 Å². The zero-order valence-corrected chi connectivity index (χ0v) is 12.6. The molecule has 0 aliphatic carbocycles. The minimum atomic E-state index is -0.171. The third-order valence-corrected chi connectivity index (χ3v) is 3.54. The lowest BCUT2D eigenvalue weighted by Gasteiger charge is -2.09. The van der Waals surface area contributed by atoms with Crippen LogP contribution in [0, 0.1) is 0 Å². The minimum absolute atomic E-state index is 0.171. The lowest BCUT2D eigenvalue weighted by Crippen LogP contribution is -2.19. The molecule has 0 radical (unpaired) electrons. The van der Waals surface area contributed by atoms with Crippen molar-refractivity contribution < 1.29 is 4.79 Å². The molecule has 1 heterocycles. The predicted molar refractivity (Wildman–Crippen MR) is 91.0 cm³/mol. The SMILES string of the molecule is C=CC(=O)NCc1ccc(-n2ccnc2-c2ccccc2)cc1. The van der Waals surface area contributed by atoms with Gasteiger partial charge in [0.15, 0.2) is 0 Å². The van der Waals surface area contributed by atoms with Gasteiger partial charge >= 0.3 is 0 Å². The van der Waals surface area contributed by atoms with Crippen LogP contribution in [-0.4, -0.2) is 15.5 Å². The molecule has 4 nitrogen and oxygen atoms in total. The normalized spacial score (nSPS) is 10.3. The van der Waals surface area contributed by atoms with Crippen LogP contribution in [0.25, 0.3) is 17.1 Å². The Labute approximate surface area is 135 Å². The fourth-order valence-corrected chi connectivity index (χ4v) is 2.35. The number of carbonyl (C=O) groups is 1. The standard InChI is InChI=1S/C19H17N3O/c1-2-18(23)21-14-15-8-10-17(11-9-15)22-13-12-20-19(22)16-6-4-3-5-7-16/h2-13H,1,14H2,(H,21,23). The number of amides is 1. The molecular formula is C19H17N3O. The van der Waals surface area contributed by atoms with Gasteiger partial charge in [0.05, 0.1) is 0 Å². The van der Waals surface area contributed by atoms with Gasteiger partial charge in [-0.3, -0.25) is 9.36 Å². The zero-order chi connectivity index (χ0) is 16.1. The van der Waals surface area contributed by atoms with Gasteiger partial charge in [0.25, 0.3) is 0 Å². The maximum Gasteiger partial charge on any atom is 0.243 e. The molecule has 0 saturated carbocycles. The van der Waals surface area contributed by atoms with Gasteiger partial charge in [-0.15, -0.1) is 0 Å². The van der Waals surface area contributed by atoms with Gasteiger partial charge in [0, 0.05) is 30.2 Å². The summed E-state index contributed by atoms with van der Waals surface area (Å²) in [6, 6.07) is 18.1. The summed E-state index contributed by atoms with van der Waals surface area (Å²) in [6.45, 7) is 3.92. The first-order valence-corrected chi connectivity index (χ1v) is 7.36. The second-order valence-electron chi connectivity index (χ2n) is 5.08. The zero-order valence-electron chi connectivity index (χ0n) is 12.6. The summed E-state index contributed by atoms with van der Waals surface area (Å²) in [7, 11) is 0. The number of aromatic nitrogens is 2. The van der Waals surface area contributed by atoms with Crippen molar-refractivity contribution in [2.45, 2.75) is 6.54 Å². The predicted octanol–water partition coefficient (Wildman–Crippen LogP) is 3.34. The minimum Gasteiger partial charge on any atom is -0.348 e. The largest absolute Gasteiger partial charge is 0.348 e. The maximum atomic E-state index is 11.2. The Balaban J connectivity index is 1.82. The first-order chi connectivity index (χ1) is 11.3. The number of imidazole rings is 1. The van der Waals surface area contributed by atoms with Crippen LogP contribution >= 0.6 is 0 Å². The summed E-state index contributed by atoms with van der Waals surface area (Å²) in [6.07, 6.45) is 5.00. The Morgan fingerprint density at radius 2 is 1.87 bits per heavy atom. The first kappa shape index (κ1) is 14.8. The van der Waals surface area contributed by atoms with E-state index in [4.69, 9.17) is 0 Å². The molecule has 2 aromatic carbocycles. The summed E-state index contributed by atoms with van der Waals surface area (Å²) in [5.74, 6) is 0.730. The van der Waals surface area contributed by atoms with E-state index in [-0.39, 0.29) is 5.91 Å². The molecule has 0 fully saturated rings. The number of rotatable bonds is 5. The monoisotopic (exact) mass is 303 g/mol. The van der Waals surface area contributed by atoms with Crippen molar-refractivity contribution in [3.8, 4) is 17.1 Å². The van der Waals surface area contributed by atoms with Gasteiger partial charge < -0.3 is 5.32 Å². The van der Waals surface area contributed by atoms with E-state index in [2.05, 4.69) is 16.9 Å². The third kappa shape index (κ3) is 3.37. The van der Waals surface area contributed by atoms with Crippen molar-refractivity contribution in [1.29, 1.82) is 0 Å². The molecule has 0 aliphatic heterocycles. The number of benzene rings is 2. The molecule has 1 amide bonds. The second kappa shape index (κ2) is 6.75. The van der Waals surface area contributed by atoms with Gasteiger partial charge in [0.1, 0.15) is 5.82 Å². The first-order valence-electron chi connectivity index (χ1n) is 7.36. The van der Waals surface area contributed by atoms with Gasteiger partial charge in [-0.25, -0.2) is 4.98 Å². The van der Waals surface area contributed by atoms with Gasteiger partial charge in [0.2, 0.25) is 5.91 Å². The van der Waals surface area contributed by atoms with Crippen LogP contribution in [0.2, 0.25) is 0 Å². The number of nitrogens with one attached hydrogen (secondary N) is 1. The summed E-state index contributed by atoms with van der Waals surface area (Å²) in [5, 5.41) is 2.76. The van der Waals surface area contributed by atoms with Crippen LogP contribution in [0.5, 0.6) is 0 Å². The molecule has 4 heteroatoms. The van der Waals surface area contributed by atoms with Crippen LogP contribution < -0.4 is 5.32 Å². The molecule has 0 unspecified atom stereocenters. The number of nitrogens with zero attached hydrogens (tertiary/aromatic N) is 2. The highest BCUT2D eigenvalue weighted by atomic mass is 16.1. The summed E-state index contributed by atoms with van der Waals surface area (Å²) < 4.78 is 2.04. The molecule has 0 atom stereocenters. The van der Waals surface area contributed by atoms with Crippen molar-refractivity contribution in [2.24, 2.45) is 0 Å². The van der Waals surface area contributed by atoms with E-state index in [0.29, 0.717) is 6.54 Å². The Morgan fingerprint density at radius 3 is 2.57 bits per heavy atom. The molecule has 0 bridgehead atoms. The van der Waals surface area contributed by atoms with E-state index in [0.717, 1.165) is 22.6 Å². The van der Waals surface area contributed by atoms with E-state index in [1.54, 1.807) is 6.20 Å². The molecule has 23 heavy (non-hydrogen) atoms. The topological polar surface area (TPSA) is 46.9 Å². The van der Waals surface area contributed by atoms with Crippen molar-refractivity contribution in [1.82, 2.24) is 14.9 Å². The van der Waals surface area contributed by atoms with E-state index >= 15 is 0 Å².